The summed E-state index contributed by atoms with van der Waals surface area (Å²) in [5, 5.41) is 19.1. The van der Waals surface area contributed by atoms with Crippen molar-refractivity contribution in [2.45, 2.75) is 298 Å². The maximum atomic E-state index is 12.1. The Balaban J connectivity index is -0.000000937. The zero-order valence-electron chi connectivity index (χ0n) is 40.4. The summed E-state index contributed by atoms with van der Waals surface area (Å²) in [5.41, 5.74) is 0. The van der Waals surface area contributed by atoms with E-state index < -0.39 is 6.10 Å². The van der Waals surface area contributed by atoms with Gasteiger partial charge >= 0.3 is 17.9 Å². The molecule has 0 aliphatic rings. The highest BCUT2D eigenvalue weighted by Crippen LogP contribution is 2.17. The molecule has 0 heterocycles. The van der Waals surface area contributed by atoms with E-state index in [9.17, 15) is 24.3 Å². The summed E-state index contributed by atoms with van der Waals surface area (Å²) in [6.07, 6.45) is 35.8. The highest BCUT2D eigenvalue weighted by atomic mass is 35.5. The van der Waals surface area contributed by atoms with Crippen molar-refractivity contribution in [3.8, 4) is 0 Å². The van der Waals surface area contributed by atoms with Gasteiger partial charge in [0.1, 0.15) is 18.3 Å². The van der Waals surface area contributed by atoms with E-state index in [0.29, 0.717) is 44.9 Å². The summed E-state index contributed by atoms with van der Waals surface area (Å²) < 4.78 is 15.4. The zero-order chi connectivity index (χ0) is 45.7. The van der Waals surface area contributed by atoms with Gasteiger partial charge in [0.2, 0.25) is 5.24 Å². The minimum atomic E-state index is -0.650. The van der Waals surface area contributed by atoms with E-state index in [0.717, 1.165) is 25.7 Å². The first-order valence-electron chi connectivity index (χ1n) is 24.8. The van der Waals surface area contributed by atoms with Gasteiger partial charge in [0.25, 0.3) is 0 Å². The molecule has 0 aromatic heterocycles. The molecular formula is C50H97ClO9. The van der Waals surface area contributed by atoms with Crippen LogP contribution in [0, 0.1) is 0 Å². The monoisotopic (exact) mass is 877 g/mol. The lowest BCUT2D eigenvalue weighted by molar-refractivity contribution is -0.151. The molecule has 0 fully saturated rings. The maximum absolute atomic E-state index is 12.1. The van der Waals surface area contributed by atoms with Crippen molar-refractivity contribution in [2.75, 3.05) is 0 Å². The van der Waals surface area contributed by atoms with Crippen LogP contribution in [-0.4, -0.2) is 63.9 Å². The number of aliphatic hydroxyl groups excluding tert-OH is 2. The SMILES string of the molecule is CCC(O)CC(C)OC(C)=O.CCCCCCCCCCCCCCCC(=O)Cl.CCCCCCCCCCCCCCCC(=O)OC(CC)CC(O)CC(C)OC(C)=O. The molecule has 9 nitrogen and oxygen atoms in total. The molecule has 5 unspecified atom stereocenters. The number of aliphatic hydroxyl groups is 2. The summed E-state index contributed by atoms with van der Waals surface area (Å²) in [7, 11) is 0. The van der Waals surface area contributed by atoms with Gasteiger partial charge in [-0.05, 0) is 51.1 Å². The maximum Gasteiger partial charge on any atom is 0.306 e. The molecule has 0 aromatic carbocycles. The Morgan fingerprint density at radius 2 is 0.750 bits per heavy atom. The predicted octanol–water partition coefficient (Wildman–Crippen LogP) is 14.2. The fraction of sp³-hybridized carbons (Fsp3) is 0.920. The Bertz CT molecular complexity index is 962. The molecule has 0 aliphatic carbocycles. The second kappa shape index (κ2) is 48.3. The number of carbonyl (C=O) groups excluding carboxylic acids is 4. The molecule has 0 saturated heterocycles. The minimum Gasteiger partial charge on any atom is -0.463 e. The Hall–Kier alpha value is -1.71. The summed E-state index contributed by atoms with van der Waals surface area (Å²) in [6, 6.07) is 0. The summed E-state index contributed by atoms with van der Waals surface area (Å²) in [6.45, 7) is 14.6. The lowest BCUT2D eigenvalue weighted by Gasteiger charge is -2.21. The second-order valence-electron chi connectivity index (χ2n) is 17.1. The van der Waals surface area contributed by atoms with Crippen molar-refractivity contribution in [1.29, 1.82) is 0 Å². The number of halogens is 1. The summed E-state index contributed by atoms with van der Waals surface area (Å²) in [5.74, 6) is -0.813. The first kappa shape index (κ1) is 62.6. The van der Waals surface area contributed by atoms with Crippen molar-refractivity contribution in [3.63, 3.8) is 0 Å². The molecule has 2 N–H and O–H groups in total. The second-order valence-corrected chi connectivity index (χ2v) is 17.5. The lowest BCUT2D eigenvalue weighted by atomic mass is 10.0. The van der Waals surface area contributed by atoms with E-state index in [2.05, 4.69) is 13.8 Å². The van der Waals surface area contributed by atoms with Gasteiger partial charge in [0.15, 0.2) is 0 Å². The molecule has 5 atom stereocenters. The Morgan fingerprint density at radius 3 is 1.05 bits per heavy atom. The molecular weight excluding hydrogens is 780 g/mol. The third-order valence-electron chi connectivity index (χ3n) is 10.7. The van der Waals surface area contributed by atoms with Crippen molar-refractivity contribution < 1.29 is 43.6 Å². The summed E-state index contributed by atoms with van der Waals surface area (Å²) >= 11 is 5.28. The quantitative estimate of drug-likeness (QED) is 0.0268. The van der Waals surface area contributed by atoms with E-state index in [4.69, 9.17) is 30.9 Å². The van der Waals surface area contributed by atoms with Gasteiger partial charge in [0.05, 0.1) is 12.2 Å². The van der Waals surface area contributed by atoms with Crippen LogP contribution in [0.1, 0.15) is 267 Å². The van der Waals surface area contributed by atoms with Crippen LogP contribution in [0.2, 0.25) is 0 Å². The van der Waals surface area contributed by atoms with Crippen molar-refractivity contribution >= 4 is 34.8 Å². The average Bonchev–Trinajstić information content (AvgIpc) is 3.17. The van der Waals surface area contributed by atoms with E-state index >= 15 is 0 Å². The molecule has 60 heavy (non-hydrogen) atoms. The first-order valence-corrected chi connectivity index (χ1v) is 25.2. The highest BCUT2D eigenvalue weighted by molar-refractivity contribution is 6.63. The lowest BCUT2D eigenvalue weighted by Crippen LogP contribution is -2.27. The highest BCUT2D eigenvalue weighted by Gasteiger charge is 2.20. The van der Waals surface area contributed by atoms with Gasteiger partial charge in [0, 0.05) is 46.0 Å². The fourth-order valence-electron chi connectivity index (χ4n) is 7.11. The van der Waals surface area contributed by atoms with Crippen LogP contribution < -0.4 is 0 Å². The number of hydrogen-bond acceptors (Lipinski definition) is 9. The number of rotatable bonds is 39. The molecule has 0 bridgehead atoms. The number of carbonyl (C=O) groups is 4. The number of ether oxygens (including phenoxy) is 3. The molecule has 0 aliphatic heterocycles. The van der Waals surface area contributed by atoms with E-state index in [-0.39, 0.29) is 47.6 Å². The number of unbranched alkanes of at least 4 members (excludes halogenated alkanes) is 24. The van der Waals surface area contributed by atoms with Crippen LogP contribution in [0.3, 0.4) is 0 Å². The minimum absolute atomic E-state index is 0.171. The smallest absolute Gasteiger partial charge is 0.306 e. The van der Waals surface area contributed by atoms with Gasteiger partial charge < -0.3 is 24.4 Å². The van der Waals surface area contributed by atoms with Gasteiger partial charge in [-0.3, -0.25) is 19.2 Å². The normalized spacial score (nSPS) is 13.4. The van der Waals surface area contributed by atoms with Crippen molar-refractivity contribution in [2.24, 2.45) is 0 Å². The van der Waals surface area contributed by atoms with Crippen molar-refractivity contribution in [3.05, 3.63) is 0 Å². The van der Waals surface area contributed by atoms with Gasteiger partial charge in [-0.2, -0.15) is 0 Å². The zero-order valence-corrected chi connectivity index (χ0v) is 41.1. The molecule has 0 spiro atoms. The van der Waals surface area contributed by atoms with Crippen LogP contribution >= 0.6 is 11.6 Å². The molecule has 10 heteroatoms. The van der Waals surface area contributed by atoms with Crippen LogP contribution in [0.25, 0.3) is 0 Å². The number of hydrogen-bond donors (Lipinski definition) is 2. The van der Waals surface area contributed by atoms with Gasteiger partial charge in [-0.1, -0.05) is 182 Å². The van der Waals surface area contributed by atoms with E-state index in [1.165, 1.54) is 155 Å². The van der Waals surface area contributed by atoms with Crippen molar-refractivity contribution in [1.82, 2.24) is 0 Å². The van der Waals surface area contributed by atoms with Crippen LogP contribution in [0.5, 0.6) is 0 Å². The Kier molecular flexibility index (Phi) is 50.4. The topological polar surface area (TPSA) is 136 Å². The largest absolute Gasteiger partial charge is 0.463 e. The summed E-state index contributed by atoms with van der Waals surface area (Å²) in [4.78, 5) is 44.0. The van der Waals surface area contributed by atoms with Gasteiger partial charge in [-0.15, -0.1) is 0 Å². The molecule has 0 amide bonds. The molecule has 0 radical (unpaired) electrons. The van der Waals surface area contributed by atoms with E-state index in [1.54, 1.807) is 13.8 Å². The predicted molar refractivity (Wildman–Crippen MR) is 250 cm³/mol. The fourth-order valence-corrected chi connectivity index (χ4v) is 7.24. The average molecular weight is 878 g/mol. The van der Waals surface area contributed by atoms with Crippen LogP contribution in [-0.2, 0) is 33.4 Å². The third kappa shape index (κ3) is 54.3. The molecule has 358 valence electrons. The molecule has 0 rings (SSSR count). The van der Waals surface area contributed by atoms with Crippen LogP contribution in [0.15, 0.2) is 0 Å². The van der Waals surface area contributed by atoms with Crippen LogP contribution in [0.4, 0.5) is 0 Å². The molecule has 0 aromatic rings. The van der Waals surface area contributed by atoms with Gasteiger partial charge in [-0.25, -0.2) is 0 Å². The third-order valence-corrected chi connectivity index (χ3v) is 10.9. The Morgan fingerprint density at radius 1 is 0.433 bits per heavy atom. The van der Waals surface area contributed by atoms with E-state index in [1.807, 2.05) is 13.8 Å². The Labute approximate surface area is 375 Å². The number of esters is 3. The molecule has 0 saturated carbocycles. The first-order chi connectivity index (χ1) is 28.7. The standard InChI is InChI=1S/C26H50O5.C16H31ClO.C8H16O3/c1-5-7-8-9-10-11-12-13-14-15-16-17-18-19-26(29)31-25(6-2)21-24(28)20-22(3)30-23(4)27;1-2-3-4-5-6-7-8-9-10-11-12-13-14-15-16(17)18;1-4-8(10)5-6(2)11-7(3)9/h22,24-25,28H,5-21H2,1-4H3;2-15H2,1H3;6,8,10H,4-5H2,1-3H3.